The number of amides is 2. The number of aromatic nitrogens is 4. The van der Waals surface area contributed by atoms with Gasteiger partial charge in [0.25, 0.3) is 11.8 Å². The lowest BCUT2D eigenvalue weighted by Gasteiger charge is -2.07. The fourth-order valence-electron chi connectivity index (χ4n) is 2.93. The average Bonchev–Trinajstić information content (AvgIpc) is 3.48. The first-order valence-electron chi connectivity index (χ1n) is 9.07. The quantitative estimate of drug-likeness (QED) is 0.404. The summed E-state index contributed by atoms with van der Waals surface area (Å²) in [4.78, 5) is 25.3. The Balaban J connectivity index is 1.49. The van der Waals surface area contributed by atoms with Crippen molar-refractivity contribution < 1.29 is 14.0 Å². The number of aromatic amines is 1. The number of carbonyl (C=O) groups is 2. The van der Waals surface area contributed by atoms with Gasteiger partial charge in [-0.25, -0.2) is 0 Å². The van der Waals surface area contributed by atoms with E-state index in [1.165, 1.54) is 17.1 Å². The summed E-state index contributed by atoms with van der Waals surface area (Å²) in [7, 11) is 1.61. The number of hydrogen-bond acceptors (Lipinski definition) is 5. The van der Waals surface area contributed by atoms with Gasteiger partial charge in [0.05, 0.1) is 35.4 Å². The first kappa shape index (κ1) is 20.7. The van der Waals surface area contributed by atoms with Crippen LogP contribution >= 0.6 is 23.2 Å². The van der Waals surface area contributed by atoms with Crippen LogP contribution in [0.2, 0.25) is 10.0 Å². The average molecular weight is 459 g/mol. The number of halogens is 2. The molecule has 0 spiro atoms. The van der Waals surface area contributed by atoms with E-state index in [1.807, 2.05) is 0 Å². The van der Waals surface area contributed by atoms with Crippen LogP contribution < -0.4 is 10.6 Å². The van der Waals surface area contributed by atoms with Crippen LogP contribution in [0.5, 0.6) is 0 Å². The van der Waals surface area contributed by atoms with Crippen molar-refractivity contribution in [2.45, 2.75) is 6.54 Å². The van der Waals surface area contributed by atoms with Crippen molar-refractivity contribution in [3.05, 3.63) is 76.1 Å². The van der Waals surface area contributed by atoms with E-state index in [0.717, 1.165) is 0 Å². The SMILES string of the molecule is Cn1ncc(NC(=O)c2cc(-c3ccc(Cl)cc3Cl)n[nH]2)c1C(=O)NCc1ccco1. The van der Waals surface area contributed by atoms with Crippen molar-refractivity contribution >= 4 is 40.7 Å². The zero-order valence-electron chi connectivity index (χ0n) is 16.1. The molecule has 3 aromatic heterocycles. The van der Waals surface area contributed by atoms with Gasteiger partial charge in [0.15, 0.2) is 0 Å². The number of hydrogen-bond donors (Lipinski definition) is 3. The Labute approximate surface area is 186 Å². The summed E-state index contributed by atoms with van der Waals surface area (Å²) in [5, 5.41) is 17.2. The standard InChI is InChI=1S/C20H16Cl2N6O3/c1-28-18(20(30)23-9-12-3-2-6-31-12)17(10-24-28)25-19(29)16-8-15(26-27-16)13-5-4-11(21)7-14(13)22/h2-8,10H,9H2,1H3,(H,23,30)(H,25,29)(H,26,27). The zero-order chi connectivity index (χ0) is 22.0. The first-order chi connectivity index (χ1) is 14.9. The maximum atomic E-state index is 12.7. The van der Waals surface area contributed by atoms with Gasteiger partial charge in [0, 0.05) is 17.6 Å². The molecule has 4 rings (SSSR count). The minimum absolute atomic E-state index is 0.187. The van der Waals surface area contributed by atoms with Gasteiger partial charge in [-0.3, -0.25) is 19.4 Å². The Morgan fingerprint density at radius 3 is 2.77 bits per heavy atom. The molecule has 4 aromatic rings. The Morgan fingerprint density at radius 1 is 1.19 bits per heavy atom. The minimum Gasteiger partial charge on any atom is -0.467 e. The van der Waals surface area contributed by atoms with E-state index in [0.29, 0.717) is 27.1 Å². The van der Waals surface area contributed by atoms with Gasteiger partial charge in [0.1, 0.15) is 17.1 Å². The highest BCUT2D eigenvalue weighted by Crippen LogP contribution is 2.29. The van der Waals surface area contributed by atoms with Crippen LogP contribution in [-0.2, 0) is 13.6 Å². The number of rotatable bonds is 6. The van der Waals surface area contributed by atoms with Gasteiger partial charge >= 0.3 is 0 Å². The van der Waals surface area contributed by atoms with Crippen molar-refractivity contribution in [2.75, 3.05) is 5.32 Å². The molecule has 3 heterocycles. The van der Waals surface area contributed by atoms with E-state index in [-0.39, 0.29) is 23.6 Å². The van der Waals surface area contributed by atoms with E-state index in [4.69, 9.17) is 27.6 Å². The molecule has 0 aliphatic rings. The first-order valence-corrected chi connectivity index (χ1v) is 9.82. The number of nitrogens with zero attached hydrogens (tertiary/aromatic N) is 3. The van der Waals surface area contributed by atoms with Crippen LogP contribution in [0.3, 0.4) is 0 Å². The molecule has 0 saturated heterocycles. The minimum atomic E-state index is -0.489. The number of H-pyrrole nitrogens is 1. The molecule has 9 nitrogen and oxygen atoms in total. The molecule has 0 fully saturated rings. The summed E-state index contributed by atoms with van der Waals surface area (Å²) in [6, 6.07) is 10.0. The third-order valence-electron chi connectivity index (χ3n) is 4.43. The van der Waals surface area contributed by atoms with Crippen LogP contribution in [0.15, 0.2) is 53.3 Å². The highest BCUT2D eigenvalue weighted by molar-refractivity contribution is 6.36. The Kier molecular flexibility index (Phi) is 5.79. The number of anilines is 1. The lowest BCUT2D eigenvalue weighted by molar-refractivity contribution is 0.0939. The second kappa shape index (κ2) is 8.66. The second-order valence-corrected chi connectivity index (χ2v) is 7.38. The van der Waals surface area contributed by atoms with Crippen LogP contribution in [0.4, 0.5) is 5.69 Å². The summed E-state index contributed by atoms with van der Waals surface area (Å²) in [5.74, 6) is -0.297. The summed E-state index contributed by atoms with van der Waals surface area (Å²) in [6.45, 7) is 0.205. The Hall–Kier alpha value is -3.56. The van der Waals surface area contributed by atoms with Gasteiger partial charge < -0.3 is 15.1 Å². The fourth-order valence-corrected chi connectivity index (χ4v) is 3.43. The third-order valence-corrected chi connectivity index (χ3v) is 4.98. The van der Waals surface area contributed by atoms with Crippen molar-refractivity contribution in [1.82, 2.24) is 25.3 Å². The molecule has 11 heteroatoms. The molecule has 0 unspecified atom stereocenters. The molecule has 0 aliphatic heterocycles. The lowest BCUT2D eigenvalue weighted by atomic mass is 10.1. The number of furan rings is 1. The topological polar surface area (TPSA) is 118 Å². The molecule has 0 bridgehead atoms. The summed E-state index contributed by atoms with van der Waals surface area (Å²) < 4.78 is 6.58. The third kappa shape index (κ3) is 4.47. The molecule has 2 amide bonds. The van der Waals surface area contributed by atoms with Crippen LogP contribution in [-0.4, -0.2) is 31.8 Å². The van der Waals surface area contributed by atoms with Crippen molar-refractivity contribution in [3.8, 4) is 11.3 Å². The number of nitrogens with one attached hydrogen (secondary N) is 3. The zero-order valence-corrected chi connectivity index (χ0v) is 17.7. The second-order valence-electron chi connectivity index (χ2n) is 6.54. The number of aryl methyl sites for hydroxylation is 1. The van der Waals surface area contributed by atoms with Gasteiger partial charge in [-0.05, 0) is 36.4 Å². The molecule has 158 valence electrons. The van der Waals surface area contributed by atoms with Crippen molar-refractivity contribution in [2.24, 2.45) is 7.05 Å². The van der Waals surface area contributed by atoms with Crippen LogP contribution in [0.25, 0.3) is 11.3 Å². The van der Waals surface area contributed by atoms with Crippen LogP contribution in [0, 0.1) is 0 Å². The maximum Gasteiger partial charge on any atom is 0.273 e. The van der Waals surface area contributed by atoms with Gasteiger partial charge in [0.2, 0.25) is 0 Å². The predicted octanol–water partition coefficient (Wildman–Crippen LogP) is 3.89. The van der Waals surface area contributed by atoms with E-state index in [1.54, 1.807) is 43.4 Å². The van der Waals surface area contributed by atoms with E-state index < -0.39 is 11.8 Å². The largest absolute Gasteiger partial charge is 0.467 e. The molecule has 0 saturated carbocycles. The molecule has 0 atom stereocenters. The molecule has 3 N–H and O–H groups in total. The van der Waals surface area contributed by atoms with Crippen LogP contribution in [0.1, 0.15) is 26.7 Å². The molecular formula is C20H16Cl2N6O3. The van der Waals surface area contributed by atoms with Crippen molar-refractivity contribution in [3.63, 3.8) is 0 Å². The normalized spacial score (nSPS) is 10.8. The Bertz CT molecular complexity index is 1250. The van der Waals surface area contributed by atoms with Gasteiger partial charge in [-0.15, -0.1) is 0 Å². The van der Waals surface area contributed by atoms with E-state index in [9.17, 15) is 9.59 Å². The molecule has 1 aromatic carbocycles. The summed E-state index contributed by atoms with van der Waals surface area (Å²) in [6.07, 6.45) is 2.92. The summed E-state index contributed by atoms with van der Waals surface area (Å²) in [5.41, 5.74) is 1.74. The molecule has 31 heavy (non-hydrogen) atoms. The molecule has 0 radical (unpaired) electrons. The number of benzene rings is 1. The van der Waals surface area contributed by atoms with E-state index in [2.05, 4.69) is 25.9 Å². The fraction of sp³-hybridized carbons (Fsp3) is 0.100. The van der Waals surface area contributed by atoms with Gasteiger partial charge in [-0.1, -0.05) is 23.2 Å². The molecular weight excluding hydrogens is 443 g/mol. The van der Waals surface area contributed by atoms with Gasteiger partial charge in [-0.2, -0.15) is 10.2 Å². The van der Waals surface area contributed by atoms with Crippen molar-refractivity contribution in [1.29, 1.82) is 0 Å². The molecule has 0 aliphatic carbocycles. The highest BCUT2D eigenvalue weighted by Gasteiger charge is 2.21. The Morgan fingerprint density at radius 2 is 2.03 bits per heavy atom. The summed E-state index contributed by atoms with van der Waals surface area (Å²) >= 11 is 12.1. The maximum absolute atomic E-state index is 12.7. The monoisotopic (exact) mass is 458 g/mol. The van der Waals surface area contributed by atoms with E-state index >= 15 is 0 Å². The predicted molar refractivity (Wildman–Crippen MR) is 115 cm³/mol. The number of carbonyl (C=O) groups excluding carboxylic acids is 2. The lowest BCUT2D eigenvalue weighted by Crippen LogP contribution is -2.26. The highest BCUT2D eigenvalue weighted by atomic mass is 35.5. The smallest absolute Gasteiger partial charge is 0.273 e.